The molecule has 0 saturated carbocycles. The van der Waals surface area contributed by atoms with Crippen molar-refractivity contribution in [2.75, 3.05) is 17.7 Å². The Hall–Kier alpha value is -4.46. The van der Waals surface area contributed by atoms with Crippen LogP contribution in [-0.2, 0) is 6.54 Å². The molecule has 0 bridgehead atoms. The largest absolute Gasteiger partial charge is 0.497 e. The Labute approximate surface area is 184 Å². The van der Waals surface area contributed by atoms with Crippen LogP contribution in [0.3, 0.4) is 0 Å². The molecule has 8 nitrogen and oxygen atoms in total. The van der Waals surface area contributed by atoms with Crippen molar-refractivity contribution >= 4 is 34.4 Å². The summed E-state index contributed by atoms with van der Waals surface area (Å²) in [5.41, 5.74) is 8.41. The highest BCUT2D eigenvalue weighted by Gasteiger charge is 2.10. The van der Waals surface area contributed by atoms with E-state index >= 15 is 0 Å². The molecule has 0 aliphatic heterocycles. The van der Waals surface area contributed by atoms with Gasteiger partial charge < -0.3 is 21.1 Å². The summed E-state index contributed by atoms with van der Waals surface area (Å²) in [6.45, 7) is 0.427. The van der Waals surface area contributed by atoms with E-state index in [0.717, 1.165) is 10.9 Å². The third-order valence-corrected chi connectivity index (χ3v) is 4.86. The zero-order valence-electron chi connectivity index (χ0n) is 17.3. The number of nitrogens with two attached hydrogens (primary N) is 1. The van der Waals surface area contributed by atoms with Crippen molar-refractivity contribution < 1.29 is 14.3 Å². The van der Waals surface area contributed by atoms with E-state index in [2.05, 4.69) is 20.6 Å². The molecule has 8 heteroatoms. The molecule has 0 unspecified atom stereocenters. The van der Waals surface area contributed by atoms with Crippen LogP contribution in [0.1, 0.15) is 26.3 Å². The van der Waals surface area contributed by atoms with Gasteiger partial charge in [0.2, 0.25) is 5.95 Å². The second kappa shape index (κ2) is 9.13. The third-order valence-electron chi connectivity index (χ3n) is 4.86. The predicted octanol–water partition coefficient (Wildman–Crippen LogP) is 3.60. The normalized spacial score (nSPS) is 10.5. The van der Waals surface area contributed by atoms with Crippen LogP contribution < -0.4 is 21.1 Å². The molecule has 32 heavy (non-hydrogen) atoms. The molecule has 0 fully saturated rings. The van der Waals surface area contributed by atoms with Crippen LogP contribution in [0.4, 0.5) is 11.6 Å². The number of nitrogens with zero attached hydrogens (tertiary/aromatic N) is 2. The molecule has 4 N–H and O–H groups in total. The van der Waals surface area contributed by atoms with Crippen molar-refractivity contribution in [3.05, 3.63) is 89.6 Å². The number of amides is 2. The number of ether oxygens (including phenoxy) is 1. The summed E-state index contributed by atoms with van der Waals surface area (Å²) >= 11 is 0. The predicted molar refractivity (Wildman–Crippen MR) is 123 cm³/mol. The highest BCUT2D eigenvalue weighted by Crippen LogP contribution is 2.19. The molecular weight excluding hydrogens is 406 g/mol. The molecule has 0 atom stereocenters. The molecule has 4 aromatic rings. The average molecular weight is 427 g/mol. The van der Waals surface area contributed by atoms with Crippen molar-refractivity contribution in [1.82, 2.24) is 9.97 Å². The average Bonchev–Trinajstić information content (AvgIpc) is 2.82. The fourth-order valence-electron chi connectivity index (χ4n) is 3.23. The van der Waals surface area contributed by atoms with Crippen molar-refractivity contribution in [2.24, 2.45) is 5.73 Å². The van der Waals surface area contributed by atoms with Gasteiger partial charge in [0.1, 0.15) is 5.75 Å². The SMILES string of the molecule is COc1ccc(C(=O)Nc2cccc(CNc3ncc4cccc(C(N)=O)c4n3)c2)cc1. The second-order valence-corrected chi connectivity index (χ2v) is 7.04. The minimum Gasteiger partial charge on any atom is -0.497 e. The lowest BCUT2D eigenvalue weighted by molar-refractivity contribution is 0.0998. The lowest BCUT2D eigenvalue weighted by atomic mass is 10.1. The van der Waals surface area contributed by atoms with Crippen LogP contribution >= 0.6 is 0 Å². The number of primary amides is 1. The van der Waals surface area contributed by atoms with E-state index in [-0.39, 0.29) is 5.91 Å². The third kappa shape index (κ3) is 4.65. The Kier molecular flexibility index (Phi) is 5.94. The summed E-state index contributed by atoms with van der Waals surface area (Å²) in [6.07, 6.45) is 1.64. The number of hydrogen-bond donors (Lipinski definition) is 3. The number of rotatable bonds is 7. The van der Waals surface area contributed by atoms with Gasteiger partial charge in [0.05, 0.1) is 18.2 Å². The van der Waals surface area contributed by atoms with E-state index in [4.69, 9.17) is 10.5 Å². The lowest BCUT2D eigenvalue weighted by Crippen LogP contribution is -2.13. The molecule has 1 aromatic heterocycles. The zero-order valence-corrected chi connectivity index (χ0v) is 17.3. The van der Waals surface area contributed by atoms with Crippen LogP contribution in [0, 0.1) is 0 Å². The van der Waals surface area contributed by atoms with Gasteiger partial charge in [-0.2, -0.15) is 0 Å². The smallest absolute Gasteiger partial charge is 0.255 e. The number of nitrogens with one attached hydrogen (secondary N) is 2. The lowest BCUT2D eigenvalue weighted by Gasteiger charge is -2.10. The summed E-state index contributed by atoms with van der Waals surface area (Å²) in [6, 6.07) is 19.5. The highest BCUT2D eigenvalue weighted by atomic mass is 16.5. The van der Waals surface area contributed by atoms with E-state index in [0.29, 0.717) is 40.6 Å². The van der Waals surface area contributed by atoms with Crippen LogP contribution in [-0.4, -0.2) is 28.9 Å². The molecule has 0 radical (unpaired) electrons. The first-order valence-electron chi connectivity index (χ1n) is 9.87. The van der Waals surface area contributed by atoms with Crippen LogP contribution in [0.15, 0.2) is 72.9 Å². The Morgan fingerprint density at radius 2 is 1.81 bits per heavy atom. The summed E-state index contributed by atoms with van der Waals surface area (Å²) in [5.74, 6) is 0.308. The summed E-state index contributed by atoms with van der Waals surface area (Å²) < 4.78 is 5.12. The van der Waals surface area contributed by atoms with Gasteiger partial charge >= 0.3 is 0 Å². The number of carbonyl (C=O) groups is 2. The van der Waals surface area contributed by atoms with Gasteiger partial charge in [-0.25, -0.2) is 9.97 Å². The van der Waals surface area contributed by atoms with E-state index < -0.39 is 5.91 Å². The molecule has 4 rings (SSSR count). The van der Waals surface area contributed by atoms with Crippen LogP contribution in [0.5, 0.6) is 5.75 Å². The summed E-state index contributed by atoms with van der Waals surface area (Å²) in [4.78, 5) is 32.9. The minimum atomic E-state index is -0.541. The standard InChI is InChI=1S/C24H21N5O3/c1-32-19-10-8-16(9-11-19)23(31)28-18-6-2-4-15(12-18)13-26-24-27-14-17-5-3-7-20(22(25)30)21(17)29-24/h2-12,14H,13H2,1H3,(H2,25,30)(H,28,31)(H,26,27,29). The molecular formula is C24H21N5O3. The number of anilines is 2. The van der Waals surface area contributed by atoms with Gasteiger partial charge in [-0.15, -0.1) is 0 Å². The zero-order chi connectivity index (χ0) is 22.5. The first-order valence-corrected chi connectivity index (χ1v) is 9.87. The van der Waals surface area contributed by atoms with Gasteiger partial charge in [0.15, 0.2) is 0 Å². The van der Waals surface area contributed by atoms with E-state index in [1.165, 1.54) is 0 Å². The van der Waals surface area contributed by atoms with Crippen LogP contribution in [0.25, 0.3) is 10.9 Å². The highest BCUT2D eigenvalue weighted by molar-refractivity contribution is 6.05. The number of methoxy groups -OCH3 is 1. The molecule has 0 aliphatic rings. The maximum absolute atomic E-state index is 12.5. The summed E-state index contributed by atoms with van der Waals surface area (Å²) in [7, 11) is 1.58. The van der Waals surface area contributed by atoms with Crippen molar-refractivity contribution in [3.8, 4) is 5.75 Å². The maximum atomic E-state index is 12.5. The Morgan fingerprint density at radius 1 is 1.03 bits per heavy atom. The number of carbonyl (C=O) groups excluding carboxylic acids is 2. The van der Waals surface area contributed by atoms with Gasteiger partial charge in [0.25, 0.3) is 11.8 Å². The molecule has 0 spiro atoms. The fraction of sp³-hybridized carbons (Fsp3) is 0.0833. The topological polar surface area (TPSA) is 119 Å². The van der Waals surface area contributed by atoms with E-state index in [9.17, 15) is 9.59 Å². The van der Waals surface area contributed by atoms with E-state index in [1.807, 2.05) is 30.3 Å². The van der Waals surface area contributed by atoms with E-state index in [1.54, 1.807) is 49.7 Å². The molecule has 0 saturated heterocycles. The van der Waals surface area contributed by atoms with Crippen molar-refractivity contribution in [1.29, 1.82) is 0 Å². The van der Waals surface area contributed by atoms with Crippen molar-refractivity contribution in [2.45, 2.75) is 6.54 Å². The monoisotopic (exact) mass is 427 g/mol. The fourth-order valence-corrected chi connectivity index (χ4v) is 3.23. The number of hydrogen-bond acceptors (Lipinski definition) is 6. The first-order chi connectivity index (χ1) is 15.5. The van der Waals surface area contributed by atoms with Crippen LogP contribution in [0.2, 0.25) is 0 Å². The number of fused-ring (bicyclic) bond motifs is 1. The number of para-hydroxylation sites is 1. The van der Waals surface area contributed by atoms with Crippen molar-refractivity contribution in [3.63, 3.8) is 0 Å². The van der Waals surface area contributed by atoms with Gasteiger partial charge in [-0.1, -0.05) is 24.3 Å². The Balaban J connectivity index is 1.45. The Bertz CT molecular complexity index is 1290. The second-order valence-electron chi connectivity index (χ2n) is 7.04. The molecule has 0 aliphatic carbocycles. The molecule has 3 aromatic carbocycles. The quantitative estimate of drug-likeness (QED) is 0.415. The summed E-state index contributed by atoms with van der Waals surface area (Å²) in [5, 5.41) is 6.76. The number of aromatic nitrogens is 2. The number of benzene rings is 3. The molecule has 160 valence electrons. The minimum absolute atomic E-state index is 0.213. The first kappa shape index (κ1) is 20.8. The Morgan fingerprint density at radius 3 is 2.56 bits per heavy atom. The molecule has 2 amide bonds. The van der Waals surface area contributed by atoms with Gasteiger partial charge in [-0.3, -0.25) is 9.59 Å². The van der Waals surface area contributed by atoms with Gasteiger partial charge in [-0.05, 0) is 48.0 Å². The maximum Gasteiger partial charge on any atom is 0.255 e. The van der Waals surface area contributed by atoms with Gasteiger partial charge in [0, 0.05) is 29.4 Å². The molecule has 1 heterocycles.